The zero-order valence-corrected chi connectivity index (χ0v) is 34.0. The van der Waals surface area contributed by atoms with Crippen molar-refractivity contribution in [1.82, 2.24) is 0 Å². The van der Waals surface area contributed by atoms with Crippen molar-refractivity contribution in [1.29, 1.82) is 0 Å². The van der Waals surface area contributed by atoms with E-state index < -0.39 is 0 Å². The third kappa shape index (κ3) is 27.4. The molecule has 0 aliphatic rings. The average molecular weight is 753 g/mol. The molecule has 0 aliphatic carbocycles. The molecule has 4 heteroatoms. The first-order valence-corrected chi connectivity index (χ1v) is 25.0. The van der Waals surface area contributed by atoms with Crippen molar-refractivity contribution >= 4 is 40.7 Å². The van der Waals surface area contributed by atoms with Crippen LogP contribution in [0.15, 0.2) is 60.7 Å². The summed E-state index contributed by atoms with van der Waals surface area (Å²) in [5.41, 5.74) is 0. The van der Waals surface area contributed by atoms with Gasteiger partial charge in [-0.3, -0.25) is 0 Å². The summed E-state index contributed by atoms with van der Waals surface area (Å²) in [5.74, 6) is 0. The average Bonchev–Trinajstić information content (AvgIpc) is 3.07. The van der Waals surface area contributed by atoms with E-state index in [4.69, 9.17) is 0 Å². The molecule has 0 saturated heterocycles. The molecule has 0 saturated carbocycles. The van der Waals surface area contributed by atoms with E-state index in [9.17, 15) is 0 Å². The molecule has 258 valence electrons. The maximum absolute atomic E-state index is 3.40. The van der Waals surface area contributed by atoms with Crippen molar-refractivity contribution in [3.05, 3.63) is 60.7 Å². The van der Waals surface area contributed by atoms with Crippen molar-refractivity contribution in [2.45, 2.75) is 156 Å². The molecule has 0 spiro atoms. The summed E-state index contributed by atoms with van der Waals surface area (Å²) in [5, 5.41) is 4.51. The fraction of sp³-hybridized carbons (Fsp3) is 0.700. The Bertz CT molecular complexity index is 705. The first-order chi connectivity index (χ1) is 21.7. The molecular weight excluding hydrogens is 681 g/mol. The smallest absolute Gasteiger partial charge is 0.0240 e. The molecule has 0 radical (unpaired) electrons. The van der Waals surface area contributed by atoms with E-state index in [1.807, 2.05) is 0 Å². The van der Waals surface area contributed by atoms with Crippen LogP contribution in [-0.2, 0) is 12.7 Å². The monoisotopic (exact) mass is 750 g/mol. The Morgan fingerprint density at radius 3 is 1.00 bits per heavy atom. The Labute approximate surface area is 292 Å². The number of benzene rings is 2. The van der Waals surface area contributed by atoms with Crippen LogP contribution in [0.3, 0.4) is 0 Å². The van der Waals surface area contributed by atoms with Gasteiger partial charge in [0.2, 0.25) is 0 Å². The molecular formula is C40H71BrNiP2. The van der Waals surface area contributed by atoms with E-state index in [1.54, 1.807) is 23.3 Å². The third-order valence-corrected chi connectivity index (χ3v) is 14.9. The quantitative estimate of drug-likeness (QED) is 0.0538. The second-order valence-corrected chi connectivity index (χ2v) is 19.2. The molecule has 0 aliphatic heterocycles. The van der Waals surface area contributed by atoms with Gasteiger partial charge in [0.05, 0.1) is 0 Å². The van der Waals surface area contributed by atoms with Gasteiger partial charge in [0.1, 0.15) is 0 Å². The van der Waals surface area contributed by atoms with Crippen molar-refractivity contribution in [3.8, 4) is 0 Å². The Morgan fingerprint density at radius 2 is 0.705 bits per heavy atom. The van der Waals surface area contributed by atoms with Gasteiger partial charge in [-0.05, 0) is 60.9 Å². The number of halogens is 1. The van der Waals surface area contributed by atoms with Crippen LogP contribution in [0.1, 0.15) is 150 Å². The molecule has 0 atom stereocenters. The minimum atomic E-state index is 0.132. The zero-order valence-electron chi connectivity index (χ0n) is 29.6. The van der Waals surface area contributed by atoms with Gasteiger partial charge < -0.3 is 0 Å². The summed E-state index contributed by atoms with van der Waals surface area (Å²) < 4.78 is 0. The number of hydrogen-bond acceptors (Lipinski definition) is 0. The standard InChI is InChI=1S/2C14H23P.C12H25.BrH.Ni/c2*1-3-5-12-15(13-6-4-2)14-10-8-7-9-11-14;1-3-5-7-9-11-12-10-8-6-4-2;;/h2*7-11H,3-6,12-13H2,1-2H3;1,3-12H2,2H3;1H;/q;;;;+1/p-1. The van der Waals surface area contributed by atoms with Crippen molar-refractivity contribution in [2.24, 2.45) is 0 Å². The summed E-state index contributed by atoms with van der Waals surface area (Å²) in [6.45, 7) is 11.4. The van der Waals surface area contributed by atoms with E-state index in [1.165, 1.54) is 146 Å². The summed E-state index contributed by atoms with van der Waals surface area (Å²) in [6.07, 6.45) is 31.0. The van der Waals surface area contributed by atoms with Gasteiger partial charge in [0, 0.05) is 0 Å². The first kappa shape index (κ1) is 44.3. The molecule has 2 aromatic rings. The number of unbranched alkanes of at least 4 members (excludes halogenated alkanes) is 13. The van der Waals surface area contributed by atoms with Gasteiger partial charge in [-0.15, -0.1) is 0 Å². The molecule has 0 heterocycles. The van der Waals surface area contributed by atoms with Gasteiger partial charge in [-0.25, -0.2) is 0 Å². The van der Waals surface area contributed by atoms with Crippen LogP contribution in [0.5, 0.6) is 0 Å². The molecule has 0 aromatic heterocycles. The Morgan fingerprint density at radius 1 is 0.409 bits per heavy atom. The van der Waals surface area contributed by atoms with Crippen molar-refractivity contribution in [2.75, 3.05) is 24.6 Å². The summed E-state index contributed by atoms with van der Waals surface area (Å²) >= 11 is 5.04. The molecule has 0 fully saturated rings. The third-order valence-electron chi connectivity index (χ3n) is 7.89. The fourth-order valence-electron chi connectivity index (χ4n) is 5.02. The minimum absolute atomic E-state index is 0.132. The van der Waals surface area contributed by atoms with E-state index in [0.29, 0.717) is 0 Å². The topological polar surface area (TPSA) is 0 Å². The molecule has 0 bridgehead atoms. The van der Waals surface area contributed by atoms with Gasteiger partial charge in [0.15, 0.2) is 0 Å². The van der Waals surface area contributed by atoms with Gasteiger partial charge in [-0.2, -0.15) is 0 Å². The minimum Gasteiger partial charge on any atom is -0.0753 e. The van der Waals surface area contributed by atoms with Gasteiger partial charge in [-0.1, -0.05) is 130 Å². The second kappa shape index (κ2) is 36.1. The van der Waals surface area contributed by atoms with Crippen LogP contribution >= 0.6 is 30.1 Å². The van der Waals surface area contributed by atoms with E-state index >= 15 is 0 Å². The largest absolute Gasteiger partial charge is 0.0753 e. The molecule has 0 N–H and O–H groups in total. The van der Waals surface area contributed by atoms with Crippen LogP contribution < -0.4 is 10.6 Å². The SMILES string of the molecule is CCCCCCCCCCC[CH2][Ni][Br].CCCCP(CCCC)c1ccccc1.CCCCP(CCCC)c1ccccc1. The van der Waals surface area contributed by atoms with Gasteiger partial charge >= 0.3 is 103 Å². The summed E-state index contributed by atoms with van der Waals surface area (Å²) in [7, 11) is 0.265. The Balaban J connectivity index is 0.000000631. The van der Waals surface area contributed by atoms with E-state index in [0.717, 1.165) is 0 Å². The van der Waals surface area contributed by atoms with Gasteiger partial charge in [0.25, 0.3) is 0 Å². The fourth-order valence-corrected chi connectivity index (χ4v) is 11.6. The zero-order chi connectivity index (χ0) is 32.4. The molecule has 0 unspecified atom stereocenters. The normalized spacial score (nSPS) is 10.9. The second-order valence-electron chi connectivity index (χ2n) is 12.0. The van der Waals surface area contributed by atoms with Crippen LogP contribution in [0.4, 0.5) is 0 Å². The van der Waals surface area contributed by atoms with Crippen LogP contribution in [0, 0.1) is 0 Å². The Kier molecular flexibility index (Phi) is 36.3. The number of rotatable bonds is 25. The van der Waals surface area contributed by atoms with Crippen LogP contribution in [-0.4, -0.2) is 24.6 Å². The molecule has 2 aromatic carbocycles. The van der Waals surface area contributed by atoms with E-state index in [2.05, 4.69) is 110 Å². The summed E-state index contributed by atoms with van der Waals surface area (Å²) in [4.78, 5) is 0. The molecule has 2 rings (SSSR count). The Hall–Kier alpha value is 0.274. The van der Waals surface area contributed by atoms with Crippen molar-refractivity contribution in [3.63, 3.8) is 0 Å². The van der Waals surface area contributed by atoms with Crippen molar-refractivity contribution < 1.29 is 12.7 Å². The summed E-state index contributed by atoms with van der Waals surface area (Å²) in [6, 6.07) is 22.2. The first-order valence-electron chi connectivity index (χ1n) is 18.4. The molecule has 0 amide bonds. The predicted molar refractivity (Wildman–Crippen MR) is 211 cm³/mol. The number of hydrogen-bond donors (Lipinski definition) is 0. The van der Waals surface area contributed by atoms with Crippen LogP contribution in [0.25, 0.3) is 0 Å². The predicted octanol–water partition coefficient (Wildman–Crippen LogP) is 14.5. The maximum Gasteiger partial charge on any atom is -0.0240 e. The molecule has 0 nitrogen and oxygen atoms in total. The van der Waals surface area contributed by atoms with Crippen LogP contribution in [0.2, 0.25) is 5.39 Å². The molecule has 44 heavy (non-hydrogen) atoms. The maximum atomic E-state index is 3.40. The van der Waals surface area contributed by atoms with E-state index in [-0.39, 0.29) is 15.8 Å².